The summed E-state index contributed by atoms with van der Waals surface area (Å²) in [5.41, 5.74) is 5.04. The molecule has 24 heavy (non-hydrogen) atoms. The summed E-state index contributed by atoms with van der Waals surface area (Å²) in [6, 6.07) is 16.5. The quantitative estimate of drug-likeness (QED) is 0.772. The molecule has 4 nitrogen and oxygen atoms in total. The number of thiazole rings is 1. The Morgan fingerprint density at radius 1 is 1.17 bits per heavy atom. The monoisotopic (exact) mass is 335 g/mol. The molecular weight excluding hydrogens is 318 g/mol. The standard InChI is InChI=1S/C19H17N3OS/c1-13-20-17(12-24-13)19(23)21-15-6-8-16(9-7-15)22-11-10-14-4-2-3-5-18(14)22/h2-9,12H,10-11H2,1H3,(H,21,23). The lowest BCUT2D eigenvalue weighted by Gasteiger charge is -2.19. The number of hydrogen-bond acceptors (Lipinski definition) is 4. The summed E-state index contributed by atoms with van der Waals surface area (Å²) >= 11 is 1.48. The third kappa shape index (κ3) is 2.78. The third-order valence-corrected chi connectivity index (χ3v) is 4.95. The highest BCUT2D eigenvalue weighted by Gasteiger charge is 2.19. The molecule has 3 aromatic rings. The molecule has 0 radical (unpaired) electrons. The molecule has 120 valence electrons. The van der Waals surface area contributed by atoms with Crippen LogP contribution in [0.5, 0.6) is 0 Å². The van der Waals surface area contributed by atoms with E-state index in [9.17, 15) is 4.79 Å². The largest absolute Gasteiger partial charge is 0.341 e. The van der Waals surface area contributed by atoms with Gasteiger partial charge in [-0.25, -0.2) is 4.98 Å². The van der Waals surface area contributed by atoms with Crippen molar-refractivity contribution in [3.8, 4) is 0 Å². The molecule has 0 bridgehead atoms. The van der Waals surface area contributed by atoms with Gasteiger partial charge in [0, 0.05) is 29.0 Å². The Kier molecular flexibility index (Phi) is 3.78. The number of amides is 1. The van der Waals surface area contributed by atoms with Crippen LogP contribution in [0, 0.1) is 6.92 Å². The fourth-order valence-corrected chi connectivity index (χ4v) is 3.59. The van der Waals surface area contributed by atoms with E-state index in [0.29, 0.717) is 5.69 Å². The zero-order valence-corrected chi connectivity index (χ0v) is 14.1. The van der Waals surface area contributed by atoms with E-state index < -0.39 is 0 Å². The van der Waals surface area contributed by atoms with E-state index in [1.165, 1.54) is 22.6 Å². The number of nitrogens with zero attached hydrogens (tertiary/aromatic N) is 2. The number of nitrogens with one attached hydrogen (secondary N) is 1. The Balaban J connectivity index is 1.50. The van der Waals surface area contributed by atoms with Crippen molar-refractivity contribution in [2.24, 2.45) is 0 Å². The zero-order chi connectivity index (χ0) is 16.5. The molecule has 0 aliphatic carbocycles. The first kappa shape index (κ1) is 14.9. The molecule has 0 saturated carbocycles. The number of anilines is 3. The van der Waals surface area contributed by atoms with Gasteiger partial charge in [-0.15, -0.1) is 11.3 Å². The third-order valence-electron chi connectivity index (χ3n) is 4.18. The van der Waals surface area contributed by atoms with Crippen LogP contribution < -0.4 is 10.2 Å². The van der Waals surface area contributed by atoms with Gasteiger partial charge >= 0.3 is 0 Å². The van der Waals surface area contributed by atoms with Crippen LogP contribution in [0.3, 0.4) is 0 Å². The van der Waals surface area contributed by atoms with E-state index in [2.05, 4.69) is 39.5 Å². The van der Waals surface area contributed by atoms with Crippen molar-refractivity contribution in [1.29, 1.82) is 0 Å². The minimum absolute atomic E-state index is 0.168. The highest BCUT2D eigenvalue weighted by atomic mass is 32.1. The summed E-state index contributed by atoms with van der Waals surface area (Å²) in [6.07, 6.45) is 1.07. The number of aromatic nitrogens is 1. The maximum Gasteiger partial charge on any atom is 0.275 e. The lowest BCUT2D eigenvalue weighted by atomic mass is 10.2. The van der Waals surface area contributed by atoms with Gasteiger partial charge in [-0.2, -0.15) is 0 Å². The molecule has 0 saturated heterocycles. The molecule has 2 aromatic carbocycles. The fourth-order valence-electron chi connectivity index (χ4n) is 2.99. The number of hydrogen-bond donors (Lipinski definition) is 1. The van der Waals surface area contributed by atoms with Crippen LogP contribution in [0.2, 0.25) is 0 Å². The SMILES string of the molecule is Cc1nc(C(=O)Nc2ccc(N3CCc4ccccc43)cc2)cs1. The van der Waals surface area contributed by atoms with Crippen molar-refractivity contribution >= 4 is 34.3 Å². The number of rotatable bonds is 3. The van der Waals surface area contributed by atoms with Crippen molar-refractivity contribution in [3.05, 3.63) is 70.2 Å². The van der Waals surface area contributed by atoms with Gasteiger partial charge in [0.05, 0.1) is 5.01 Å². The van der Waals surface area contributed by atoms with Crippen LogP contribution in [0.4, 0.5) is 17.1 Å². The summed E-state index contributed by atoms with van der Waals surface area (Å²) in [7, 11) is 0. The minimum Gasteiger partial charge on any atom is -0.341 e. The fraction of sp³-hybridized carbons (Fsp3) is 0.158. The van der Waals surface area contributed by atoms with E-state index in [1.54, 1.807) is 5.38 Å². The van der Waals surface area contributed by atoms with Gasteiger partial charge in [-0.1, -0.05) is 18.2 Å². The summed E-state index contributed by atoms with van der Waals surface area (Å²) in [4.78, 5) is 18.7. The van der Waals surface area contributed by atoms with Crippen molar-refractivity contribution in [2.75, 3.05) is 16.8 Å². The molecule has 0 unspecified atom stereocenters. The molecule has 1 aromatic heterocycles. The summed E-state index contributed by atoms with van der Waals surface area (Å²) in [5.74, 6) is -0.168. The molecule has 4 rings (SSSR count). The van der Waals surface area contributed by atoms with Crippen LogP contribution >= 0.6 is 11.3 Å². The summed E-state index contributed by atoms with van der Waals surface area (Å²) in [5, 5.41) is 5.57. The Bertz CT molecular complexity index is 886. The highest BCUT2D eigenvalue weighted by Crippen LogP contribution is 2.34. The van der Waals surface area contributed by atoms with Crippen LogP contribution in [0.1, 0.15) is 21.1 Å². The average molecular weight is 335 g/mol. The average Bonchev–Trinajstić information content (AvgIpc) is 3.22. The lowest BCUT2D eigenvalue weighted by Crippen LogP contribution is -2.14. The van der Waals surface area contributed by atoms with Crippen molar-refractivity contribution in [3.63, 3.8) is 0 Å². The second kappa shape index (κ2) is 6.09. The van der Waals surface area contributed by atoms with Gasteiger partial charge in [0.15, 0.2) is 0 Å². The van der Waals surface area contributed by atoms with Crippen LogP contribution in [0.25, 0.3) is 0 Å². The van der Waals surface area contributed by atoms with Gasteiger partial charge in [0.2, 0.25) is 0 Å². The van der Waals surface area contributed by atoms with E-state index >= 15 is 0 Å². The topological polar surface area (TPSA) is 45.2 Å². The van der Waals surface area contributed by atoms with Gasteiger partial charge < -0.3 is 10.2 Å². The molecule has 0 fully saturated rings. The van der Waals surface area contributed by atoms with Crippen molar-refractivity contribution in [1.82, 2.24) is 4.98 Å². The zero-order valence-electron chi connectivity index (χ0n) is 13.3. The summed E-state index contributed by atoms with van der Waals surface area (Å²) in [6.45, 7) is 2.88. The Morgan fingerprint density at radius 2 is 1.96 bits per heavy atom. The first-order chi connectivity index (χ1) is 11.7. The first-order valence-corrected chi connectivity index (χ1v) is 8.78. The normalized spacial score (nSPS) is 13.0. The number of carbonyl (C=O) groups is 1. The predicted octanol–water partition coefficient (Wildman–Crippen LogP) is 4.40. The molecule has 1 amide bonds. The molecule has 1 aliphatic heterocycles. The van der Waals surface area contributed by atoms with Crippen LogP contribution in [-0.2, 0) is 6.42 Å². The maximum atomic E-state index is 12.2. The number of benzene rings is 2. The lowest BCUT2D eigenvalue weighted by molar-refractivity contribution is 0.102. The number of fused-ring (bicyclic) bond motifs is 1. The van der Waals surface area contributed by atoms with Gasteiger partial charge in [-0.3, -0.25) is 4.79 Å². The number of para-hydroxylation sites is 1. The van der Waals surface area contributed by atoms with E-state index in [4.69, 9.17) is 0 Å². The summed E-state index contributed by atoms with van der Waals surface area (Å²) < 4.78 is 0. The Morgan fingerprint density at radius 3 is 2.71 bits per heavy atom. The van der Waals surface area contributed by atoms with E-state index in [1.807, 2.05) is 31.2 Å². The molecule has 0 spiro atoms. The first-order valence-electron chi connectivity index (χ1n) is 7.90. The van der Waals surface area contributed by atoms with Crippen LogP contribution in [0.15, 0.2) is 53.9 Å². The van der Waals surface area contributed by atoms with Crippen LogP contribution in [-0.4, -0.2) is 17.4 Å². The van der Waals surface area contributed by atoms with Crippen molar-refractivity contribution < 1.29 is 4.79 Å². The highest BCUT2D eigenvalue weighted by molar-refractivity contribution is 7.09. The van der Waals surface area contributed by atoms with Gasteiger partial charge in [0.25, 0.3) is 5.91 Å². The molecule has 2 heterocycles. The molecule has 0 atom stereocenters. The Hall–Kier alpha value is -2.66. The number of aryl methyl sites for hydroxylation is 1. The molecule has 1 N–H and O–H groups in total. The van der Waals surface area contributed by atoms with Gasteiger partial charge in [0.1, 0.15) is 5.69 Å². The second-order valence-electron chi connectivity index (χ2n) is 5.78. The smallest absolute Gasteiger partial charge is 0.275 e. The molecule has 1 aliphatic rings. The Labute approximate surface area is 144 Å². The van der Waals surface area contributed by atoms with E-state index in [0.717, 1.165) is 29.3 Å². The minimum atomic E-state index is -0.168. The van der Waals surface area contributed by atoms with E-state index in [-0.39, 0.29) is 5.91 Å². The second-order valence-corrected chi connectivity index (χ2v) is 6.85. The number of carbonyl (C=O) groups excluding carboxylic acids is 1. The van der Waals surface area contributed by atoms with Gasteiger partial charge in [-0.05, 0) is 49.2 Å². The molecule has 5 heteroatoms. The van der Waals surface area contributed by atoms with Crippen molar-refractivity contribution in [2.45, 2.75) is 13.3 Å². The predicted molar refractivity (Wildman–Crippen MR) is 98.4 cm³/mol. The maximum absolute atomic E-state index is 12.2. The molecular formula is C19H17N3OS.